The summed E-state index contributed by atoms with van der Waals surface area (Å²) in [5.74, 6) is -4.26. The van der Waals surface area contributed by atoms with Crippen molar-refractivity contribution in [1.82, 2.24) is 5.32 Å². The van der Waals surface area contributed by atoms with Gasteiger partial charge in [0.1, 0.15) is 0 Å². The van der Waals surface area contributed by atoms with Crippen LogP contribution in [0.15, 0.2) is 12.2 Å². The van der Waals surface area contributed by atoms with Crippen LogP contribution in [0.2, 0.25) is 0 Å². The third kappa shape index (κ3) is 3.09. The molecule has 1 aliphatic rings. The Kier molecular flexibility index (Phi) is 4.41. The van der Waals surface area contributed by atoms with Crippen molar-refractivity contribution in [2.75, 3.05) is 7.11 Å². The fraction of sp³-hybridized carbons (Fsp3) is 0.545. The quantitative estimate of drug-likeness (QED) is 0.604. The lowest BCUT2D eigenvalue weighted by molar-refractivity contribution is -0.181. The molecule has 20 heavy (non-hydrogen) atoms. The van der Waals surface area contributed by atoms with E-state index in [4.69, 9.17) is 4.74 Å². The minimum Gasteiger partial charge on any atom is -0.467 e. The summed E-state index contributed by atoms with van der Waals surface area (Å²) < 4.78 is 46.2. The van der Waals surface area contributed by atoms with Gasteiger partial charge in [0, 0.05) is 13.3 Å². The molecule has 0 aliphatic heterocycles. The van der Waals surface area contributed by atoms with Gasteiger partial charge < -0.3 is 14.8 Å². The normalized spacial score (nSPS) is 25.1. The maximum atomic E-state index is 12.3. The molecule has 0 heterocycles. The van der Waals surface area contributed by atoms with Crippen LogP contribution in [0.5, 0.6) is 0 Å². The van der Waals surface area contributed by atoms with E-state index in [1.807, 2.05) is 0 Å². The monoisotopic (exact) mass is 295 g/mol. The second kappa shape index (κ2) is 5.51. The summed E-state index contributed by atoms with van der Waals surface area (Å²) in [5, 5.41) is 1.56. The lowest BCUT2D eigenvalue weighted by atomic mass is 9.93. The predicted octanol–water partition coefficient (Wildman–Crippen LogP) is 0.468. The van der Waals surface area contributed by atoms with Crippen LogP contribution in [-0.2, 0) is 23.9 Å². The number of rotatable bonds is 3. The molecule has 9 heteroatoms. The molecule has 0 aromatic carbocycles. The maximum Gasteiger partial charge on any atom is 0.471 e. The third-order valence-electron chi connectivity index (χ3n) is 2.67. The Morgan fingerprint density at radius 2 is 1.95 bits per heavy atom. The van der Waals surface area contributed by atoms with Crippen molar-refractivity contribution in [2.24, 2.45) is 0 Å². The van der Waals surface area contributed by atoms with Crippen LogP contribution in [0.1, 0.15) is 13.3 Å². The van der Waals surface area contributed by atoms with Crippen LogP contribution in [0.25, 0.3) is 0 Å². The number of ether oxygens (including phenoxy) is 2. The largest absolute Gasteiger partial charge is 0.471 e. The van der Waals surface area contributed by atoms with Crippen molar-refractivity contribution in [3.05, 3.63) is 12.2 Å². The average molecular weight is 295 g/mol. The molecule has 0 radical (unpaired) electrons. The number of amides is 1. The molecular formula is C11H12F3NO5. The van der Waals surface area contributed by atoms with E-state index in [0.29, 0.717) is 0 Å². The molecule has 1 rings (SSSR count). The van der Waals surface area contributed by atoms with E-state index in [2.05, 4.69) is 4.74 Å². The number of carbonyl (C=O) groups is 3. The van der Waals surface area contributed by atoms with Gasteiger partial charge >= 0.3 is 24.0 Å². The number of nitrogens with one attached hydrogen (secondary N) is 1. The molecule has 0 saturated heterocycles. The van der Waals surface area contributed by atoms with Gasteiger partial charge in [0.05, 0.1) is 7.11 Å². The van der Waals surface area contributed by atoms with Crippen LogP contribution in [0, 0.1) is 0 Å². The zero-order chi connectivity index (χ0) is 15.6. The number of methoxy groups -OCH3 is 1. The molecule has 112 valence electrons. The van der Waals surface area contributed by atoms with Gasteiger partial charge in [-0.25, -0.2) is 4.79 Å². The van der Waals surface area contributed by atoms with Crippen molar-refractivity contribution in [3.63, 3.8) is 0 Å². The molecule has 0 bridgehead atoms. The first-order valence-corrected chi connectivity index (χ1v) is 5.45. The first-order valence-electron chi connectivity index (χ1n) is 5.45. The van der Waals surface area contributed by atoms with Gasteiger partial charge in [-0.1, -0.05) is 6.08 Å². The summed E-state index contributed by atoms with van der Waals surface area (Å²) in [6.45, 7) is 1.03. The van der Waals surface area contributed by atoms with Gasteiger partial charge in [-0.3, -0.25) is 9.59 Å². The van der Waals surface area contributed by atoms with Crippen LogP contribution >= 0.6 is 0 Å². The molecule has 0 spiro atoms. The minimum atomic E-state index is -5.18. The molecule has 0 fully saturated rings. The lowest BCUT2D eigenvalue weighted by Gasteiger charge is -2.32. The third-order valence-corrected chi connectivity index (χ3v) is 2.67. The summed E-state index contributed by atoms with van der Waals surface area (Å²) in [6, 6.07) is 0. The highest BCUT2D eigenvalue weighted by Crippen LogP contribution is 2.30. The van der Waals surface area contributed by atoms with E-state index < -0.39 is 35.7 Å². The first kappa shape index (κ1) is 16.0. The van der Waals surface area contributed by atoms with Crippen LogP contribution in [0.4, 0.5) is 13.2 Å². The van der Waals surface area contributed by atoms with Crippen molar-refractivity contribution in [2.45, 2.75) is 31.2 Å². The Balaban J connectivity index is 3.08. The highest BCUT2D eigenvalue weighted by Gasteiger charge is 2.54. The zero-order valence-corrected chi connectivity index (χ0v) is 10.6. The lowest BCUT2D eigenvalue weighted by Crippen LogP contribution is -2.63. The molecule has 2 atom stereocenters. The highest BCUT2D eigenvalue weighted by atomic mass is 19.4. The average Bonchev–Trinajstić information content (AvgIpc) is 2.70. The van der Waals surface area contributed by atoms with E-state index in [1.165, 1.54) is 12.2 Å². The molecule has 6 nitrogen and oxygen atoms in total. The van der Waals surface area contributed by atoms with E-state index in [-0.39, 0.29) is 6.42 Å². The second-order valence-corrected chi connectivity index (χ2v) is 4.08. The number of carbonyl (C=O) groups excluding carboxylic acids is 3. The van der Waals surface area contributed by atoms with E-state index in [0.717, 1.165) is 14.0 Å². The minimum absolute atomic E-state index is 0.278. The first-order chi connectivity index (χ1) is 9.13. The molecule has 0 unspecified atom stereocenters. The van der Waals surface area contributed by atoms with Gasteiger partial charge in [-0.15, -0.1) is 0 Å². The zero-order valence-electron chi connectivity index (χ0n) is 10.6. The number of alkyl halides is 3. The number of hydrogen-bond acceptors (Lipinski definition) is 5. The van der Waals surface area contributed by atoms with Crippen LogP contribution in [-0.4, -0.2) is 42.8 Å². The Bertz CT molecular complexity index is 459. The van der Waals surface area contributed by atoms with Crippen LogP contribution in [0.3, 0.4) is 0 Å². The topological polar surface area (TPSA) is 81.7 Å². The van der Waals surface area contributed by atoms with E-state index >= 15 is 0 Å². The molecule has 1 N–H and O–H groups in total. The van der Waals surface area contributed by atoms with Crippen molar-refractivity contribution in [3.8, 4) is 0 Å². The van der Waals surface area contributed by atoms with E-state index in [9.17, 15) is 27.6 Å². The molecule has 1 aliphatic carbocycles. The second-order valence-electron chi connectivity index (χ2n) is 4.08. The molecule has 1 amide bonds. The molecule has 0 aromatic rings. The Morgan fingerprint density at radius 1 is 1.35 bits per heavy atom. The number of halogens is 3. The number of hydrogen-bond donors (Lipinski definition) is 1. The fourth-order valence-corrected chi connectivity index (χ4v) is 1.80. The summed E-state index contributed by atoms with van der Waals surface area (Å²) in [7, 11) is 0.951. The predicted molar refractivity (Wildman–Crippen MR) is 58.3 cm³/mol. The molecule has 0 saturated carbocycles. The summed E-state index contributed by atoms with van der Waals surface area (Å²) in [6.07, 6.45) is -4.28. The van der Waals surface area contributed by atoms with Gasteiger partial charge in [-0.2, -0.15) is 13.2 Å². The van der Waals surface area contributed by atoms with Crippen LogP contribution < -0.4 is 5.32 Å². The van der Waals surface area contributed by atoms with Crippen molar-refractivity contribution < 1.29 is 37.0 Å². The van der Waals surface area contributed by atoms with Gasteiger partial charge in [-0.05, 0) is 6.08 Å². The van der Waals surface area contributed by atoms with Gasteiger partial charge in [0.25, 0.3) is 0 Å². The highest BCUT2D eigenvalue weighted by molar-refractivity contribution is 5.92. The Morgan fingerprint density at radius 3 is 2.40 bits per heavy atom. The Hall–Kier alpha value is -2.06. The van der Waals surface area contributed by atoms with Gasteiger partial charge in [0.15, 0.2) is 11.6 Å². The van der Waals surface area contributed by atoms with Crippen molar-refractivity contribution in [1.29, 1.82) is 0 Å². The SMILES string of the molecule is COC(=O)[C@@]1(NC(=O)C(F)(F)F)CC=C[C@H]1OC(C)=O. The maximum absolute atomic E-state index is 12.3. The van der Waals surface area contributed by atoms with Crippen molar-refractivity contribution >= 4 is 17.8 Å². The molecular weight excluding hydrogens is 283 g/mol. The standard InChI is InChI=1S/C11H12F3NO5/c1-6(16)20-7-4-3-5-10(7,9(18)19-2)15-8(17)11(12,13)14/h3-4,7H,5H2,1-2H3,(H,15,17)/t7-,10-/m1/s1. The summed E-state index contributed by atoms with van der Waals surface area (Å²) in [5.41, 5.74) is -2.10. The van der Waals surface area contributed by atoms with E-state index in [1.54, 1.807) is 5.32 Å². The summed E-state index contributed by atoms with van der Waals surface area (Å²) >= 11 is 0. The van der Waals surface area contributed by atoms with Gasteiger partial charge in [0.2, 0.25) is 0 Å². The Labute approximate surface area is 111 Å². The molecule has 0 aromatic heterocycles. The smallest absolute Gasteiger partial charge is 0.467 e. The summed E-state index contributed by atoms with van der Waals surface area (Å²) in [4.78, 5) is 33.8. The fourth-order valence-electron chi connectivity index (χ4n) is 1.80. The number of esters is 2.